The smallest absolute Gasteiger partial charge is 0.413 e. The Kier molecular flexibility index (Phi) is 5.41. The van der Waals surface area contributed by atoms with E-state index in [4.69, 9.17) is 9.26 Å². The summed E-state index contributed by atoms with van der Waals surface area (Å²) in [5.74, 6) is -0.150. The second kappa shape index (κ2) is 8.09. The Morgan fingerprint density at radius 3 is 2.74 bits per heavy atom. The van der Waals surface area contributed by atoms with Crippen LogP contribution in [-0.4, -0.2) is 41.3 Å². The van der Waals surface area contributed by atoms with Gasteiger partial charge in [-0.3, -0.25) is 9.88 Å². The Morgan fingerprint density at radius 1 is 1.19 bits per heavy atom. The number of aromatic nitrogens is 3. The van der Waals surface area contributed by atoms with E-state index in [0.717, 1.165) is 0 Å². The molecule has 9 heteroatoms. The third-order valence-corrected chi connectivity index (χ3v) is 3.65. The van der Waals surface area contributed by atoms with E-state index in [0.29, 0.717) is 17.1 Å². The van der Waals surface area contributed by atoms with E-state index in [1.54, 1.807) is 48.8 Å². The van der Waals surface area contributed by atoms with Crippen LogP contribution >= 0.6 is 0 Å². The summed E-state index contributed by atoms with van der Waals surface area (Å²) in [6.45, 7) is -0.206. The Hall–Kier alpha value is -3.75. The average molecular weight is 368 g/mol. The van der Waals surface area contributed by atoms with Crippen molar-refractivity contribution in [2.75, 3.05) is 19.1 Å². The van der Waals surface area contributed by atoms with Crippen LogP contribution in [0.5, 0.6) is 0 Å². The second-order valence-corrected chi connectivity index (χ2v) is 5.38. The summed E-state index contributed by atoms with van der Waals surface area (Å²) in [7, 11) is 2.76. The molecule has 138 valence electrons. The molecule has 9 nitrogen and oxygen atoms in total. The molecule has 0 aliphatic heterocycles. The molecule has 27 heavy (non-hydrogen) atoms. The molecule has 2 aromatic heterocycles. The molecule has 0 bridgehead atoms. The summed E-state index contributed by atoms with van der Waals surface area (Å²) < 4.78 is 15.0. The number of hydrogen-bond acceptors (Lipinski definition) is 8. The zero-order chi connectivity index (χ0) is 19.2. The summed E-state index contributed by atoms with van der Waals surface area (Å²) in [5.41, 5.74) is 1.25. The highest BCUT2D eigenvalue weighted by atomic mass is 16.6. The van der Waals surface area contributed by atoms with Crippen LogP contribution in [0, 0.1) is 0 Å². The van der Waals surface area contributed by atoms with Crippen LogP contribution in [0.15, 0.2) is 53.3 Å². The van der Waals surface area contributed by atoms with Gasteiger partial charge in [0.15, 0.2) is 6.61 Å². The Bertz CT molecular complexity index is 942. The monoisotopic (exact) mass is 368 g/mol. The van der Waals surface area contributed by atoms with Crippen LogP contribution in [0.1, 0.15) is 16.2 Å². The Labute approximate surface area is 154 Å². The molecule has 0 N–H and O–H groups in total. The number of methoxy groups -OCH3 is 1. The van der Waals surface area contributed by atoms with Gasteiger partial charge in [-0.1, -0.05) is 17.3 Å². The minimum Gasteiger partial charge on any atom is -0.452 e. The third kappa shape index (κ3) is 4.09. The molecule has 0 unspecified atom stereocenters. The van der Waals surface area contributed by atoms with Crippen LogP contribution < -0.4 is 4.90 Å². The van der Waals surface area contributed by atoms with Gasteiger partial charge in [-0.25, -0.2) is 9.59 Å². The van der Waals surface area contributed by atoms with Gasteiger partial charge in [0.05, 0.1) is 18.4 Å². The normalized spacial score (nSPS) is 10.3. The molecule has 0 aliphatic carbocycles. The molecule has 1 aromatic carbocycles. The maximum atomic E-state index is 12.4. The first-order chi connectivity index (χ1) is 13.1. The van der Waals surface area contributed by atoms with E-state index >= 15 is 0 Å². The van der Waals surface area contributed by atoms with E-state index in [1.807, 2.05) is 0 Å². The number of para-hydroxylation sites is 1. The van der Waals surface area contributed by atoms with Gasteiger partial charge in [0.25, 0.3) is 5.89 Å². The van der Waals surface area contributed by atoms with E-state index in [2.05, 4.69) is 19.9 Å². The van der Waals surface area contributed by atoms with Crippen LogP contribution in [0.2, 0.25) is 0 Å². The van der Waals surface area contributed by atoms with Gasteiger partial charge in [0, 0.05) is 25.0 Å². The fourth-order valence-corrected chi connectivity index (χ4v) is 2.30. The number of amides is 1. The SMILES string of the molecule is COC(=O)N(C)c1ccccc1C(=O)OCc1nc(-c2cccnc2)no1. The number of anilines is 1. The van der Waals surface area contributed by atoms with Crippen molar-refractivity contribution < 1.29 is 23.6 Å². The quantitative estimate of drug-likeness (QED) is 0.633. The van der Waals surface area contributed by atoms with Gasteiger partial charge >= 0.3 is 12.1 Å². The number of nitrogens with zero attached hydrogens (tertiary/aromatic N) is 4. The zero-order valence-corrected chi connectivity index (χ0v) is 14.7. The van der Waals surface area contributed by atoms with Gasteiger partial charge in [0.2, 0.25) is 5.82 Å². The van der Waals surface area contributed by atoms with Gasteiger partial charge in [-0.05, 0) is 24.3 Å². The van der Waals surface area contributed by atoms with Crippen molar-refractivity contribution in [2.45, 2.75) is 6.61 Å². The predicted octanol–water partition coefficient (Wildman–Crippen LogP) is 2.69. The molecular formula is C18H16N4O5. The average Bonchev–Trinajstić information content (AvgIpc) is 3.20. The van der Waals surface area contributed by atoms with Gasteiger partial charge in [0.1, 0.15) is 0 Å². The van der Waals surface area contributed by atoms with Crippen LogP contribution in [0.3, 0.4) is 0 Å². The van der Waals surface area contributed by atoms with Gasteiger partial charge < -0.3 is 14.0 Å². The number of carbonyl (C=O) groups excluding carboxylic acids is 2. The van der Waals surface area contributed by atoms with Crippen molar-refractivity contribution in [3.05, 3.63) is 60.2 Å². The van der Waals surface area contributed by atoms with Gasteiger partial charge in [-0.15, -0.1) is 0 Å². The highest BCUT2D eigenvalue weighted by molar-refractivity contribution is 6.00. The van der Waals surface area contributed by atoms with Crippen LogP contribution in [-0.2, 0) is 16.1 Å². The fraction of sp³-hybridized carbons (Fsp3) is 0.167. The molecular weight excluding hydrogens is 352 g/mol. The van der Waals surface area contributed by atoms with Crippen molar-refractivity contribution in [3.63, 3.8) is 0 Å². The lowest BCUT2D eigenvalue weighted by Crippen LogP contribution is -2.27. The first kappa shape index (κ1) is 18.1. The highest BCUT2D eigenvalue weighted by Crippen LogP contribution is 2.21. The van der Waals surface area contributed by atoms with Crippen molar-refractivity contribution in [3.8, 4) is 11.4 Å². The molecule has 0 spiro atoms. The number of ether oxygens (including phenoxy) is 2. The first-order valence-corrected chi connectivity index (χ1v) is 7.91. The largest absolute Gasteiger partial charge is 0.452 e. The zero-order valence-electron chi connectivity index (χ0n) is 14.7. The van der Waals surface area contributed by atoms with Crippen molar-refractivity contribution >= 4 is 17.7 Å². The minimum absolute atomic E-state index is 0.140. The molecule has 3 rings (SSSR count). The van der Waals surface area contributed by atoms with E-state index in [1.165, 1.54) is 19.1 Å². The molecule has 1 amide bonds. The highest BCUT2D eigenvalue weighted by Gasteiger charge is 2.20. The molecule has 0 fully saturated rings. The maximum Gasteiger partial charge on any atom is 0.413 e. The molecule has 3 aromatic rings. The number of rotatable bonds is 5. The summed E-state index contributed by atoms with van der Waals surface area (Å²) in [6, 6.07) is 10.1. The number of esters is 1. The van der Waals surface area contributed by atoms with E-state index in [9.17, 15) is 9.59 Å². The fourth-order valence-electron chi connectivity index (χ4n) is 2.30. The number of pyridine rings is 1. The maximum absolute atomic E-state index is 12.4. The Morgan fingerprint density at radius 2 is 2.00 bits per heavy atom. The molecule has 0 saturated carbocycles. The molecule has 2 heterocycles. The second-order valence-electron chi connectivity index (χ2n) is 5.38. The summed E-state index contributed by atoms with van der Waals surface area (Å²) in [6.07, 6.45) is 2.63. The first-order valence-electron chi connectivity index (χ1n) is 7.91. The summed E-state index contributed by atoms with van der Waals surface area (Å²) >= 11 is 0. The summed E-state index contributed by atoms with van der Waals surface area (Å²) in [4.78, 5) is 33.5. The molecule has 0 radical (unpaired) electrons. The van der Waals surface area contributed by atoms with Crippen molar-refractivity contribution in [1.29, 1.82) is 0 Å². The lowest BCUT2D eigenvalue weighted by molar-refractivity contribution is 0.0430. The lowest BCUT2D eigenvalue weighted by Gasteiger charge is -2.18. The van der Waals surface area contributed by atoms with Crippen molar-refractivity contribution in [1.82, 2.24) is 15.1 Å². The third-order valence-electron chi connectivity index (χ3n) is 3.65. The van der Waals surface area contributed by atoms with Crippen LogP contribution in [0.25, 0.3) is 11.4 Å². The minimum atomic E-state index is -0.637. The van der Waals surface area contributed by atoms with E-state index < -0.39 is 12.1 Å². The van der Waals surface area contributed by atoms with Crippen LogP contribution in [0.4, 0.5) is 10.5 Å². The van der Waals surface area contributed by atoms with Crippen molar-refractivity contribution in [2.24, 2.45) is 0 Å². The number of carbonyl (C=O) groups is 2. The van der Waals surface area contributed by atoms with Gasteiger partial charge in [-0.2, -0.15) is 4.98 Å². The topological polar surface area (TPSA) is 108 Å². The molecule has 0 aliphatic rings. The van der Waals surface area contributed by atoms with E-state index in [-0.39, 0.29) is 18.1 Å². The standard InChI is InChI=1S/C18H16N4O5/c1-22(18(24)25-2)14-8-4-3-7-13(14)17(23)26-11-15-20-16(21-27-15)12-6-5-9-19-10-12/h3-10H,11H2,1-2H3. The number of hydrogen-bond donors (Lipinski definition) is 0. The Balaban J connectivity index is 1.70. The number of benzene rings is 1. The lowest BCUT2D eigenvalue weighted by atomic mass is 10.1. The predicted molar refractivity (Wildman–Crippen MR) is 93.9 cm³/mol. The summed E-state index contributed by atoms with van der Waals surface area (Å²) in [5, 5.41) is 3.83. The molecule has 0 atom stereocenters. The molecule has 0 saturated heterocycles.